The van der Waals surface area contributed by atoms with Gasteiger partial charge in [-0.1, -0.05) is 50.1 Å². The number of aliphatic hydroxyl groups is 2. The number of carbonyl (C=O) groups is 2. The molecule has 0 radical (unpaired) electrons. The highest BCUT2D eigenvalue weighted by Gasteiger charge is 2.68. The smallest absolute Gasteiger partial charge is 0.339 e. The van der Waals surface area contributed by atoms with Crippen LogP contribution >= 0.6 is 0 Å². The minimum Gasteiger partial charge on any atom is -0.481 e. The van der Waals surface area contributed by atoms with E-state index >= 15 is 0 Å². The predicted octanol–water partition coefficient (Wildman–Crippen LogP) is 6.63. The average molecular weight is 601 g/mol. The van der Waals surface area contributed by atoms with Gasteiger partial charge in [0.15, 0.2) is 6.10 Å². The molecular formula is C36H56O7. The molecule has 0 bridgehead atoms. The molecule has 0 spiro atoms. The molecule has 3 N–H and O–H groups in total. The van der Waals surface area contributed by atoms with Crippen LogP contribution in [0.25, 0.3) is 0 Å². The van der Waals surface area contributed by atoms with E-state index < -0.39 is 40.6 Å². The predicted molar refractivity (Wildman–Crippen MR) is 167 cm³/mol. The first kappa shape index (κ1) is 33.9. The third-order valence-electron chi connectivity index (χ3n) is 12.2. The zero-order valence-corrected chi connectivity index (χ0v) is 27.9. The summed E-state index contributed by atoms with van der Waals surface area (Å²) < 4.78 is 12.6. The van der Waals surface area contributed by atoms with Gasteiger partial charge in [-0.05, 0) is 120 Å². The Morgan fingerprint density at radius 3 is 2.44 bits per heavy atom. The van der Waals surface area contributed by atoms with Gasteiger partial charge in [0.05, 0.1) is 18.3 Å². The Labute approximate surface area is 258 Å². The van der Waals surface area contributed by atoms with E-state index in [1.165, 1.54) is 11.1 Å². The van der Waals surface area contributed by atoms with Crippen LogP contribution in [0.3, 0.4) is 0 Å². The van der Waals surface area contributed by atoms with Crippen LogP contribution in [0, 0.1) is 39.9 Å². The van der Waals surface area contributed by atoms with Crippen molar-refractivity contribution in [2.45, 2.75) is 131 Å². The molecule has 7 nitrogen and oxygen atoms in total. The number of allylic oxidation sites excluding steroid dienone is 3. The van der Waals surface area contributed by atoms with Gasteiger partial charge in [0.2, 0.25) is 0 Å². The van der Waals surface area contributed by atoms with Gasteiger partial charge in [-0.3, -0.25) is 4.79 Å². The van der Waals surface area contributed by atoms with Crippen molar-refractivity contribution in [1.82, 2.24) is 0 Å². The molecule has 0 amide bonds. The molecule has 1 heterocycles. The van der Waals surface area contributed by atoms with Gasteiger partial charge >= 0.3 is 11.9 Å². The third-order valence-corrected chi connectivity index (χ3v) is 12.2. The van der Waals surface area contributed by atoms with E-state index in [0.717, 1.165) is 32.3 Å². The molecule has 43 heavy (non-hydrogen) atoms. The van der Waals surface area contributed by atoms with Crippen molar-refractivity contribution in [1.29, 1.82) is 0 Å². The molecule has 0 aromatic rings. The number of fused-ring (bicyclic) bond motifs is 3. The molecule has 7 heteroatoms. The number of esters is 1. The Morgan fingerprint density at radius 2 is 1.86 bits per heavy atom. The van der Waals surface area contributed by atoms with Crippen LogP contribution in [0.4, 0.5) is 0 Å². The summed E-state index contributed by atoms with van der Waals surface area (Å²) in [5, 5.41) is 32.1. The molecule has 0 aromatic heterocycles. The number of aliphatic carboxylic acids is 1. The fraction of sp³-hybridized carbons (Fsp3) is 0.778. The number of carbonyl (C=O) groups excluding carboxylic acids is 1. The van der Waals surface area contributed by atoms with Gasteiger partial charge in [0.25, 0.3) is 0 Å². The van der Waals surface area contributed by atoms with Crippen molar-refractivity contribution in [2.75, 3.05) is 6.61 Å². The van der Waals surface area contributed by atoms with Crippen molar-refractivity contribution in [2.24, 2.45) is 39.9 Å². The summed E-state index contributed by atoms with van der Waals surface area (Å²) in [6.07, 6.45) is 9.14. The summed E-state index contributed by atoms with van der Waals surface area (Å²) in [7, 11) is 0. The number of rotatable bonds is 9. The van der Waals surface area contributed by atoms with Crippen molar-refractivity contribution >= 4 is 11.9 Å². The molecule has 0 unspecified atom stereocenters. The summed E-state index contributed by atoms with van der Waals surface area (Å²) in [5.41, 5.74) is 0.792. The lowest BCUT2D eigenvalue weighted by Gasteiger charge is -2.66. The van der Waals surface area contributed by atoms with Crippen molar-refractivity contribution in [3.8, 4) is 0 Å². The number of ether oxygens (including phenoxy) is 2. The SMILES string of the molecule is C/C=C(\C)[C@@H](O)C(=O)O[C@@H]1C[C@@H](C(C)(C)O)[C@@](C)(CCC(=O)O)[C@H]2CC[C@]3(C)C(=CC[C@H]3[C@H]3CO[C@H](C=C(C)C)C3)[C@@]21C. The summed E-state index contributed by atoms with van der Waals surface area (Å²) in [4.78, 5) is 25.3. The number of hydrogen-bond acceptors (Lipinski definition) is 6. The first-order valence-electron chi connectivity index (χ1n) is 16.3. The normalized spacial score (nSPS) is 40.3. The zero-order valence-electron chi connectivity index (χ0n) is 27.9. The van der Waals surface area contributed by atoms with Crippen molar-refractivity contribution < 1.29 is 34.4 Å². The fourth-order valence-electron chi connectivity index (χ4n) is 10.1. The van der Waals surface area contributed by atoms with Gasteiger partial charge in [0.1, 0.15) is 6.10 Å². The molecule has 3 fully saturated rings. The number of carboxylic acids is 1. The lowest BCUT2D eigenvalue weighted by molar-refractivity contribution is -0.212. The number of carboxylic acid groups (broad SMARTS) is 1. The Hall–Kier alpha value is -1.96. The topological polar surface area (TPSA) is 113 Å². The summed E-state index contributed by atoms with van der Waals surface area (Å²) in [6.45, 7) is 18.8. The van der Waals surface area contributed by atoms with E-state index in [2.05, 4.69) is 46.8 Å². The van der Waals surface area contributed by atoms with Crippen LogP contribution in [0.15, 0.2) is 34.9 Å². The molecule has 1 saturated heterocycles. The van der Waals surface area contributed by atoms with E-state index in [0.29, 0.717) is 30.3 Å². The van der Waals surface area contributed by atoms with Gasteiger partial charge < -0.3 is 24.8 Å². The zero-order chi connectivity index (χ0) is 32.1. The second-order valence-electron chi connectivity index (χ2n) is 15.6. The van der Waals surface area contributed by atoms with Crippen LogP contribution in [-0.2, 0) is 19.1 Å². The monoisotopic (exact) mass is 600 g/mol. The van der Waals surface area contributed by atoms with Crippen LogP contribution in [-0.4, -0.2) is 57.8 Å². The van der Waals surface area contributed by atoms with Gasteiger partial charge in [0, 0.05) is 11.8 Å². The second kappa shape index (κ2) is 12.1. The Bertz CT molecular complexity index is 1170. The first-order valence-corrected chi connectivity index (χ1v) is 16.3. The molecule has 4 rings (SSSR count). The Kier molecular flexibility index (Phi) is 9.54. The van der Waals surface area contributed by atoms with E-state index in [1.807, 2.05) is 0 Å². The highest BCUT2D eigenvalue weighted by molar-refractivity contribution is 5.78. The van der Waals surface area contributed by atoms with Gasteiger partial charge in [-0.2, -0.15) is 0 Å². The lowest BCUT2D eigenvalue weighted by atomic mass is 9.39. The number of hydrogen-bond donors (Lipinski definition) is 3. The maximum atomic E-state index is 13.4. The molecule has 4 aliphatic rings. The van der Waals surface area contributed by atoms with Gasteiger partial charge in [-0.15, -0.1) is 0 Å². The van der Waals surface area contributed by atoms with E-state index in [9.17, 15) is 24.9 Å². The highest BCUT2D eigenvalue weighted by atomic mass is 16.6. The van der Waals surface area contributed by atoms with E-state index in [1.54, 1.807) is 33.8 Å². The summed E-state index contributed by atoms with van der Waals surface area (Å²) in [6, 6.07) is 0. The number of aliphatic hydroxyl groups excluding tert-OH is 1. The third kappa shape index (κ3) is 6.03. The quantitative estimate of drug-likeness (QED) is 0.201. The van der Waals surface area contributed by atoms with E-state index in [4.69, 9.17) is 9.47 Å². The molecular weight excluding hydrogens is 544 g/mol. The van der Waals surface area contributed by atoms with Crippen molar-refractivity contribution in [3.63, 3.8) is 0 Å². The first-order chi connectivity index (χ1) is 19.9. The summed E-state index contributed by atoms with van der Waals surface area (Å²) >= 11 is 0. The standard InChI is InChI=1S/C36H56O7/c1-10-22(4)31(39)32(40)43-29-19-28(33(5,6)41)35(8,16-14-30(37)38)27-13-15-34(7)25(11-12-26(34)36(27,29)9)23-18-24(42-20-23)17-21(2)3/h10,12,17,23-25,27-29,31,39,41H,11,13-16,18-20H2,1-9H3,(H,37,38)/b22-10+/t23-,24-,25+,27-,28+,29-,31-,34+,35+,36+/m1/s1. The maximum absolute atomic E-state index is 13.4. The molecule has 0 aromatic carbocycles. The maximum Gasteiger partial charge on any atom is 0.339 e. The van der Waals surface area contributed by atoms with Crippen LogP contribution in [0.5, 0.6) is 0 Å². The minimum absolute atomic E-state index is 0.0152. The second-order valence-corrected chi connectivity index (χ2v) is 15.6. The molecule has 242 valence electrons. The molecule has 3 aliphatic carbocycles. The Balaban J connectivity index is 1.77. The van der Waals surface area contributed by atoms with Crippen LogP contribution in [0.2, 0.25) is 0 Å². The highest BCUT2D eigenvalue weighted by Crippen LogP contribution is 2.72. The Morgan fingerprint density at radius 1 is 1.19 bits per heavy atom. The molecule has 2 saturated carbocycles. The fourth-order valence-corrected chi connectivity index (χ4v) is 10.1. The molecule has 10 atom stereocenters. The van der Waals surface area contributed by atoms with Gasteiger partial charge in [-0.25, -0.2) is 4.79 Å². The summed E-state index contributed by atoms with van der Waals surface area (Å²) in [5.74, 6) is -1.00. The lowest BCUT2D eigenvalue weighted by Crippen LogP contribution is -2.64. The molecule has 1 aliphatic heterocycles. The van der Waals surface area contributed by atoms with Crippen LogP contribution < -0.4 is 0 Å². The minimum atomic E-state index is -1.35. The average Bonchev–Trinajstić information content (AvgIpc) is 3.51. The largest absolute Gasteiger partial charge is 0.481 e. The van der Waals surface area contributed by atoms with Crippen molar-refractivity contribution in [3.05, 3.63) is 34.9 Å². The van der Waals surface area contributed by atoms with Crippen LogP contribution in [0.1, 0.15) is 107 Å². The van der Waals surface area contributed by atoms with E-state index in [-0.39, 0.29) is 29.8 Å².